The Balaban J connectivity index is 1.63. The normalized spacial score (nSPS) is 15.6. The third-order valence-electron chi connectivity index (χ3n) is 5.23. The van der Waals surface area contributed by atoms with Crippen LogP contribution < -0.4 is 5.32 Å². The number of nitrogens with one attached hydrogen (secondary N) is 1. The van der Waals surface area contributed by atoms with Crippen LogP contribution in [0.5, 0.6) is 0 Å². The van der Waals surface area contributed by atoms with E-state index in [0.717, 1.165) is 54.0 Å². The number of carbonyl (C=O) groups is 1. The molecule has 0 aliphatic carbocycles. The highest BCUT2D eigenvalue weighted by Gasteiger charge is 2.29. The maximum atomic E-state index is 12.9. The highest BCUT2D eigenvalue weighted by molar-refractivity contribution is 7.98. The molecule has 1 saturated heterocycles. The molecular formula is C21H29N3O3S. The van der Waals surface area contributed by atoms with Crippen LogP contribution in [0, 0.1) is 13.8 Å². The summed E-state index contributed by atoms with van der Waals surface area (Å²) in [6.45, 7) is 12.1. The minimum atomic E-state index is -0.113. The van der Waals surface area contributed by atoms with Crippen LogP contribution in [0.1, 0.15) is 41.2 Å². The number of benzene rings is 1. The van der Waals surface area contributed by atoms with Crippen molar-refractivity contribution in [3.05, 3.63) is 46.8 Å². The number of thioether (sulfide) groups is 1. The lowest BCUT2D eigenvalue weighted by Crippen LogP contribution is -2.55. The second-order valence-electron chi connectivity index (χ2n) is 7.68. The Labute approximate surface area is 171 Å². The van der Waals surface area contributed by atoms with E-state index in [2.05, 4.69) is 29.2 Å². The van der Waals surface area contributed by atoms with Gasteiger partial charge in [0.2, 0.25) is 0 Å². The molecule has 0 atom stereocenters. The average molecular weight is 404 g/mol. The molecule has 1 aliphatic rings. The molecular weight excluding hydrogens is 374 g/mol. The molecule has 152 valence electrons. The molecule has 0 bridgehead atoms. The first-order chi connectivity index (χ1) is 13.4. The molecule has 1 N–H and O–H groups in total. The van der Waals surface area contributed by atoms with Gasteiger partial charge in [-0.1, -0.05) is 17.3 Å². The Bertz CT molecular complexity index is 793. The lowest BCUT2D eigenvalue weighted by atomic mass is 10.0. The highest BCUT2D eigenvalue weighted by Crippen LogP contribution is 2.29. The van der Waals surface area contributed by atoms with E-state index in [1.807, 2.05) is 38.1 Å². The Morgan fingerprint density at radius 2 is 1.96 bits per heavy atom. The van der Waals surface area contributed by atoms with Crippen LogP contribution in [0.3, 0.4) is 0 Å². The number of nitrogens with zero attached hydrogens (tertiary/aromatic N) is 2. The van der Waals surface area contributed by atoms with Gasteiger partial charge in [0.15, 0.2) is 0 Å². The summed E-state index contributed by atoms with van der Waals surface area (Å²) in [6.07, 6.45) is 0. The molecule has 7 heteroatoms. The predicted molar refractivity (Wildman–Crippen MR) is 111 cm³/mol. The number of aromatic nitrogens is 1. The first-order valence-electron chi connectivity index (χ1n) is 9.63. The van der Waals surface area contributed by atoms with Gasteiger partial charge in [0.05, 0.1) is 24.5 Å². The fourth-order valence-electron chi connectivity index (χ4n) is 3.31. The zero-order chi connectivity index (χ0) is 20.1. The van der Waals surface area contributed by atoms with Crippen molar-refractivity contribution >= 4 is 17.7 Å². The molecule has 28 heavy (non-hydrogen) atoms. The van der Waals surface area contributed by atoms with Crippen molar-refractivity contribution < 1.29 is 14.1 Å². The smallest absolute Gasteiger partial charge is 0.252 e. The molecule has 1 aliphatic heterocycles. The van der Waals surface area contributed by atoms with E-state index < -0.39 is 0 Å². The van der Waals surface area contributed by atoms with Gasteiger partial charge in [-0.15, -0.1) is 11.8 Å². The van der Waals surface area contributed by atoms with Gasteiger partial charge in [0, 0.05) is 41.4 Å². The molecule has 1 amide bonds. The summed E-state index contributed by atoms with van der Waals surface area (Å²) in [6, 6.07) is 7.74. The van der Waals surface area contributed by atoms with Crippen molar-refractivity contribution in [3.8, 4) is 0 Å². The topological polar surface area (TPSA) is 67.6 Å². The summed E-state index contributed by atoms with van der Waals surface area (Å²) in [4.78, 5) is 16.2. The number of ether oxygens (including phenoxy) is 1. The fraction of sp³-hybridized carbons (Fsp3) is 0.524. The van der Waals surface area contributed by atoms with E-state index in [1.54, 1.807) is 11.8 Å². The number of morpholine rings is 1. The van der Waals surface area contributed by atoms with E-state index in [4.69, 9.17) is 9.26 Å². The van der Waals surface area contributed by atoms with Crippen LogP contribution in [-0.4, -0.2) is 54.4 Å². The molecule has 2 heterocycles. The van der Waals surface area contributed by atoms with Crippen molar-refractivity contribution in [2.75, 3.05) is 32.8 Å². The Morgan fingerprint density at radius 3 is 2.64 bits per heavy atom. The summed E-state index contributed by atoms with van der Waals surface area (Å²) >= 11 is 1.64. The average Bonchev–Trinajstić information content (AvgIpc) is 3.03. The Hall–Kier alpha value is -1.83. The lowest BCUT2D eigenvalue weighted by Gasteiger charge is -2.40. The van der Waals surface area contributed by atoms with Gasteiger partial charge in [0.1, 0.15) is 5.76 Å². The van der Waals surface area contributed by atoms with Crippen LogP contribution in [0.4, 0.5) is 0 Å². The third-order valence-corrected chi connectivity index (χ3v) is 6.33. The Morgan fingerprint density at radius 1 is 1.25 bits per heavy atom. The van der Waals surface area contributed by atoms with Crippen LogP contribution >= 0.6 is 11.8 Å². The quantitative estimate of drug-likeness (QED) is 0.715. The first-order valence-corrected chi connectivity index (χ1v) is 10.6. The van der Waals surface area contributed by atoms with Gasteiger partial charge in [0.25, 0.3) is 5.91 Å². The fourth-order valence-corrected chi connectivity index (χ4v) is 4.51. The summed E-state index contributed by atoms with van der Waals surface area (Å²) < 4.78 is 10.7. The second-order valence-corrected chi connectivity index (χ2v) is 8.70. The van der Waals surface area contributed by atoms with E-state index in [1.165, 1.54) is 0 Å². The molecule has 3 rings (SSSR count). The second kappa shape index (κ2) is 9.11. The Kier molecular flexibility index (Phi) is 6.80. The van der Waals surface area contributed by atoms with Gasteiger partial charge in [-0.3, -0.25) is 9.69 Å². The van der Waals surface area contributed by atoms with Crippen molar-refractivity contribution in [1.82, 2.24) is 15.4 Å². The van der Waals surface area contributed by atoms with Crippen molar-refractivity contribution in [1.29, 1.82) is 0 Å². The number of hydrogen-bond acceptors (Lipinski definition) is 6. The molecule has 2 aromatic rings. The van der Waals surface area contributed by atoms with Gasteiger partial charge < -0.3 is 14.6 Å². The van der Waals surface area contributed by atoms with Crippen LogP contribution in [0.25, 0.3) is 0 Å². The van der Waals surface area contributed by atoms with Crippen LogP contribution in [-0.2, 0) is 10.5 Å². The number of rotatable bonds is 7. The maximum Gasteiger partial charge on any atom is 0.252 e. The number of carbonyl (C=O) groups excluding carboxylic acids is 1. The van der Waals surface area contributed by atoms with Crippen LogP contribution in [0.2, 0.25) is 0 Å². The SMILES string of the molecule is Cc1noc(C)c1CSc1ccccc1C(=O)NCC(C)(C)N1CCOCC1. The van der Waals surface area contributed by atoms with Crippen molar-refractivity contribution in [2.24, 2.45) is 0 Å². The minimum absolute atomic E-state index is 0.0387. The molecule has 0 spiro atoms. The summed E-state index contributed by atoms with van der Waals surface area (Å²) in [7, 11) is 0. The molecule has 0 radical (unpaired) electrons. The molecule has 0 unspecified atom stereocenters. The molecule has 6 nitrogen and oxygen atoms in total. The monoisotopic (exact) mass is 403 g/mol. The highest BCUT2D eigenvalue weighted by atomic mass is 32.2. The maximum absolute atomic E-state index is 12.9. The predicted octanol–water partition coefficient (Wildman–Crippen LogP) is 3.42. The largest absolute Gasteiger partial charge is 0.379 e. The van der Waals surface area contributed by atoms with Crippen LogP contribution in [0.15, 0.2) is 33.7 Å². The number of amides is 1. The van der Waals surface area contributed by atoms with E-state index >= 15 is 0 Å². The van der Waals surface area contributed by atoms with Gasteiger partial charge in [-0.05, 0) is 39.8 Å². The van der Waals surface area contributed by atoms with Crippen molar-refractivity contribution in [2.45, 2.75) is 43.9 Å². The summed E-state index contributed by atoms with van der Waals surface area (Å²) in [5, 5.41) is 7.13. The number of aryl methyl sites for hydroxylation is 2. The van der Waals surface area contributed by atoms with E-state index in [0.29, 0.717) is 12.1 Å². The van der Waals surface area contributed by atoms with Gasteiger partial charge in [-0.2, -0.15) is 0 Å². The standard InChI is InChI=1S/C21H29N3O3S/c1-15-18(16(2)27-23-15)13-28-19-8-6-5-7-17(19)20(25)22-14-21(3,4)24-9-11-26-12-10-24/h5-8H,9-14H2,1-4H3,(H,22,25). The summed E-state index contributed by atoms with van der Waals surface area (Å²) in [5.41, 5.74) is 2.59. The first kappa shape index (κ1) is 20.9. The molecule has 1 aromatic heterocycles. The van der Waals surface area contributed by atoms with Crippen molar-refractivity contribution in [3.63, 3.8) is 0 Å². The third kappa shape index (κ3) is 4.96. The van der Waals surface area contributed by atoms with Gasteiger partial charge >= 0.3 is 0 Å². The molecule has 1 aromatic carbocycles. The van der Waals surface area contributed by atoms with Gasteiger partial charge in [-0.25, -0.2) is 0 Å². The van der Waals surface area contributed by atoms with E-state index in [9.17, 15) is 4.79 Å². The minimum Gasteiger partial charge on any atom is -0.379 e. The lowest BCUT2D eigenvalue weighted by molar-refractivity contribution is -0.00924. The zero-order valence-corrected chi connectivity index (χ0v) is 17.9. The van der Waals surface area contributed by atoms with E-state index in [-0.39, 0.29) is 11.4 Å². The molecule has 0 saturated carbocycles. The zero-order valence-electron chi connectivity index (χ0n) is 17.1. The number of hydrogen-bond donors (Lipinski definition) is 1. The molecule has 1 fully saturated rings. The summed E-state index contributed by atoms with van der Waals surface area (Å²) in [5.74, 6) is 1.52.